The van der Waals surface area contributed by atoms with Gasteiger partial charge in [0.15, 0.2) is 17.5 Å². The lowest BCUT2D eigenvalue weighted by Crippen LogP contribution is -2.23. The first-order valence-corrected chi connectivity index (χ1v) is 7.39. The number of pyridine rings is 1. The van der Waals surface area contributed by atoms with Crippen molar-refractivity contribution in [1.29, 1.82) is 0 Å². The maximum Gasteiger partial charge on any atom is 0.416 e. The molecule has 3 aromatic rings. The molecule has 0 spiro atoms. The Hall–Kier alpha value is -2.61. The summed E-state index contributed by atoms with van der Waals surface area (Å²) in [6, 6.07) is 8.08. The van der Waals surface area contributed by atoms with Crippen LogP contribution >= 0.6 is 11.3 Å². The summed E-state index contributed by atoms with van der Waals surface area (Å²) in [6.07, 6.45) is -1.58. The second-order valence-corrected chi connectivity index (χ2v) is 5.55. The summed E-state index contributed by atoms with van der Waals surface area (Å²) in [5, 5.41) is 16.5. The van der Waals surface area contributed by atoms with Crippen molar-refractivity contribution >= 4 is 22.2 Å². The molecule has 0 aliphatic rings. The van der Waals surface area contributed by atoms with Gasteiger partial charge in [0.25, 0.3) is 0 Å². The van der Waals surface area contributed by atoms with E-state index in [0.717, 1.165) is 12.1 Å². The van der Waals surface area contributed by atoms with Crippen LogP contribution in [0.15, 0.2) is 54.2 Å². The van der Waals surface area contributed by atoms with Crippen LogP contribution in [-0.2, 0) is 6.18 Å². The van der Waals surface area contributed by atoms with E-state index in [9.17, 15) is 18.4 Å². The highest BCUT2D eigenvalue weighted by Gasteiger charge is 2.29. The lowest BCUT2D eigenvalue weighted by molar-refractivity contribution is -0.604. The molecule has 3 rings (SSSR count). The van der Waals surface area contributed by atoms with Crippen molar-refractivity contribution < 1.29 is 17.9 Å². The molecule has 2 aromatic heterocycles. The molecule has 4 nitrogen and oxygen atoms in total. The smallest absolute Gasteiger partial charge is 0.416 e. The third-order valence-corrected chi connectivity index (χ3v) is 3.80. The number of aromatic nitrogens is 2. The van der Waals surface area contributed by atoms with Gasteiger partial charge in [0, 0.05) is 17.1 Å². The number of alkyl halides is 3. The molecule has 0 saturated heterocycles. The minimum absolute atomic E-state index is 0.505. The maximum atomic E-state index is 12.5. The van der Waals surface area contributed by atoms with E-state index in [1.165, 1.54) is 35.9 Å². The zero-order valence-electron chi connectivity index (χ0n) is 11.5. The third kappa shape index (κ3) is 3.59. The lowest BCUT2D eigenvalue weighted by atomic mass is 10.2. The molecule has 1 N–H and O–H groups in total. The van der Waals surface area contributed by atoms with Crippen LogP contribution in [0.3, 0.4) is 0 Å². The lowest BCUT2D eigenvalue weighted by Gasteiger charge is -2.07. The van der Waals surface area contributed by atoms with Gasteiger partial charge in [0.05, 0.1) is 16.8 Å². The van der Waals surface area contributed by atoms with Crippen molar-refractivity contribution in [2.45, 2.75) is 6.18 Å². The molecule has 2 heterocycles. The number of anilines is 2. The molecule has 0 aliphatic heterocycles. The van der Waals surface area contributed by atoms with E-state index in [0.29, 0.717) is 26.8 Å². The Morgan fingerprint density at radius 2 is 1.87 bits per heavy atom. The van der Waals surface area contributed by atoms with Crippen LogP contribution in [0.4, 0.5) is 24.0 Å². The van der Waals surface area contributed by atoms with Crippen molar-refractivity contribution in [1.82, 2.24) is 4.98 Å². The molecule has 0 saturated carbocycles. The van der Waals surface area contributed by atoms with Gasteiger partial charge in [-0.15, -0.1) is 11.3 Å². The molecule has 118 valence electrons. The second-order valence-electron chi connectivity index (χ2n) is 4.69. The van der Waals surface area contributed by atoms with Gasteiger partial charge in [-0.3, -0.25) is 0 Å². The summed E-state index contributed by atoms with van der Waals surface area (Å²) in [4.78, 5) is 4.32. The molecule has 0 bridgehead atoms. The number of nitrogens with zero attached hydrogens (tertiary/aromatic N) is 2. The number of hydrogen-bond acceptors (Lipinski definition) is 4. The van der Waals surface area contributed by atoms with E-state index in [1.54, 1.807) is 17.5 Å². The Morgan fingerprint density at radius 1 is 1.13 bits per heavy atom. The molecule has 0 amide bonds. The van der Waals surface area contributed by atoms with Gasteiger partial charge in [0.1, 0.15) is 0 Å². The minimum Gasteiger partial charge on any atom is -0.619 e. The average Bonchev–Trinajstić information content (AvgIpc) is 2.95. The number of halogens is 3. The van der Waals surface area contributed by atoms with Crippen LogP contribution in [0, 0.1) is 5.21 Å². The molecular weight excluding hydrogens is 327 g/mol. The largest absolute Gasteiger partial charge is 0.619 e. The van der Waals surface area contributed by atoms with Crippen LogP contribution in [0.5, 0.6) is 0 Å². The Kier molecular flexibility index (Phi) is 3.91. The average molecular weight is 337 g/mol. The first-order valence-electron chi connectivity index (χ1n) is 6.51. The molecule has 0 atom stereocenters. The predicted octanol–water partition coefficient (Wildman–Crippen LogP) is 4.21. The molecule has 23 heavy (non-hydrogen) atoms. The number of thiazole rings is 1. The molecule has 0 unspecified atom stereocenters. The molecule has 8 heteroatoms. The quantitative estimate of drug-likeness (QED) is 0.575. The second kappa shape index (κ2) is 5.88. The Bertz CT molecular complexity index is 815. The van der Waals surface area contributed by atoms with Gasteiger partial charge in [-0.25, -0.2) is 4.98 Å². The summed E-state index contributed by atoms with van der Waals surface area (Å²) in [6.45, 7) is 0. The highest BCUT2D eigenvalue weighted by atomic mass is 32.1. The van der Waals surface area contributed by atoms with Gasteiger partial charge in [-0.1, -0.05) is 0 Å². The fourth-order valence-electron chi connectivity index (χ4n) is 1.94. The van der Waals surface area contributed by atoms with Crippen molar-refractivity contribution in [2.75, 3.05) is 5.32 Å². The number of nitrogens with one attached hydrogen (secondary N) is 1. The van der Waals surface area contributed by atoms with Gasteiger partial charge >= 0.3 is 6.18 Å². The highest BCUT2D eigenvalue weighted by molar-refractivity contribution is 7.14. The zero-order valence-corrected chi connectivity index (χ0v) is 12.4. The SMILES string of the molecule is [O-][n+]1cccc(-c2csc(Nc3ccc(C(F)(F)F)cc3)n2)c1. The van der Waals surface area contributed by atoms with E-state index >= 15 is 0 Å². The van der Waals surface area contributed by atoms with Gasteiger partial charge in [0.2, 0.25) is 0 Å². The fraction of sp³-hybridized carbons (Fsp3) is 0.0667. The first kappa shape index (κ1) is 15.3. The normalized spacial score (nSPS) is 11.4. The predicted molar refractivity (Wildman–Crippen MR) is 81.2 cm³/mol. The number of benzene rings is 1. The Balaban J connectivity index is 1.77. The molecule has 1 aromatic carbocycles. The van der Waals surface area contributed by atoms with E-state index < -0.39 is 11.7 Å². The van der Waals surface area contributed by atoms with Crippen molar-refractivity contribution in [3.63, 3.8) is 0 Å². The van der Waals surface area contributed by atoms with E-state index in [4.69, 9.17) is 0 Å². The van der Waals surface area contributed by atoms with Crippen LogP contribution in [0.2, 0.25) is 0 Å². The summed E-state index contributed by atoms with van der Waals surface area (Å²) in [5.41, 5.74) is 1.09. The topological polar surface area (TPSA) is 51.9 Å². The Labute approximate surface area is 133 Å². The molecule has 0 fully saturated rings. The van der Waals surface area contributed by atoms with E-state index in [-0.39, 0.29) is 0 Å². The zero-order chi connectivity index (χ0) is 16.4. The number of rotatable bonds is 3. The first-order chi connectivity index (χ1) is 10.9. The van der Waals surface area contributed by atoms with Crippen molar-refractivity contribution in [3.8, 4) is 11.3 Å². The van der Waals surface area contributed by atoms with Crippen LogP contribution in [-0.4, -0.2) is 4.98 Å². The van der Waals surface area contributed by atoms with Crippen LogP contribution < -0.4 is 10.0 Å². The van der Waals surface area contributed by atoms with E-state index in [2.05, 4.69) is 10.3 Å². The summed E-state index contributed by atoms with van der Waals surface area (Å²) in [5.74, 6) is 0. The standard InChI is InChI=1S/C15H10F3N3OS/c16-15(17,18)11-3-5-12(6-4-11)19-14-20-13(9-23-14)10-2-1-7-21(22)8-10/h1-9H,(H,19,20). The van der Waals surface area contributed by atoms with E-state index in [1.807, 2.05) is 0 Å². The van der Waals surface area contributed by atoms with Gasteiger partial charge in [-0.2, -0.15) is 17.9 Å². The molecule has 0 radical (unpaired) electrons. The summed E-state index contributed by atoms with van der Waals surface area (Å²) in [7, 11) is 0. The Morgan fingerprint density at radius 3 is 2.52 bits per heavy atom. The maximum absolute atomic E-state index is 12.5. The minimum atomic E-state index is -4.35. The van der Waals surface area contributed by atoms with Crippen LogP contribution in [0.25, 0.3) is 11.3 Å². The highest BCUT2D eigenvalue weighted by Crippen LogP contribution is 2.31. The molecule has 0 aliphatic carbocycles. The fourth-order valence-corrected chi connectivity index (χ4v) is 2.68. The molecular formula is C15H10F3N3OS. The van der Waals surface area contributed by atoms with Crippen LogP contribution in [0.1, 0.15) is 5.56 Å². The third-order valence-electron chi connectivity index (χ3n) is 3.04. The summed E-state index contributed by atoms with van der Waals surface area (Å²) < 4.78 is 38.2. The van der Waals surface area contributed by atoms with Crippen molar-refractivity contribution in [3.05, 3.63) is 64.9 Å². The summed E-state index contributed by atoms with van der Waals surface area (Å²) >= 11 is 1.30. The van der Waals surface area contributed by atoms with Crippen molar-refractivity contribution in [2.24, 2.45) is 0 Å². The van der Waals surface area contributed by atoms with Gasteiger partial charge < -0.3 is 10.5 Å². The van der Waals surface area contributed by atoms with Gasteiger partial charge in [-0.05, 0) is 30.3 Å². The number of hydrogen-bond donors (Lipinski definition) is 1. The monoisotopic (exact) mass is 337 g/mol.